The average molecular weight is 249 g/mol. The summed E-state index contributed by atoms with van der Waals surface area (Å²) >= 11 is 0. The third-order valence-corrected chi connectivity index (χ3v) is 4.07. The van der Waals surface area contributed by atoms with Crippen LogP contribution in [0.4, 0.5) is 0 Å². The minimum Gasteiger partial charge on any atom is -0.314 e. The quantitative estimate of drug-likeness (QED) is 0.869. The van der Waals surface area contributed by atoms with Crippen LogP contribution in [0.3, 0.4) is 0 Å². The molecule has 2 rings (SSSR count). The van der Waals surface area contributed by atoms with Gasteiger partial charge in [-0.2, -0.15) is 5.10 Å². The Hall–Kier alpha value is -0.830. The van der Waals surface area contributed by atoms with E-state index < -0.39 is 0 Å². The predicted octanol–water partition coefficient (Wildman–Crippen LogP) is 3.10. The molecule has 0 radical (unpaired) electrons. The van der Waals surface area contributed by atoms with Crippen LogP contribution in [0.5, 0.6) is 0 Å². The van der Waals surface area contributed by atoms with Gasteiger partial charge in [-0.1, -0.05) is 20.8 Å². The first kappa shape index (κ1) is 13.6. The zero-order valence-corrected chi connectivity index (χ0v) is 12.1. The maximum Gasteiger partial charge on any atom is 0.0624 e. The Balaban J connectivity index is 2.11. The molecular weight excluding hydrogens is 222 g/mol. The molecule has 0 aromatic carbocycles. The van der Waals surface area contributed by atoms with E-state index in [1.165, 1.54) is 37.1 Å². The Morgan fingerprint density at radius 1 is 1.28 bits per heavy atom. The Kier molecular flexibility index (Phi) is 4.81. The number of aromatic nitrogens is 2. The standard InChI is InChI=1S/C15H27N3/c1-4-12-10-14(5-2)18(17-12)15-9-7-8-13(11-15)16-6-3/h10,13,15-16H,4-9,11H2,1-3H3. The van der Waals surface area contributed by atoms with Gasteiger partial charge in [-0.15, -0.1) is 0 Å². The van der Waals surface area contributed by atoms with Crippen LogP contribution in [0.15, 0.2) is 6.07 Å². The highest BCUT2D eigenvalue weighted by Crippen LogP contribution is 2.29. The molecule has 1 aromatic heterocycles. The molecule has 0 saturated heterocycles. The van der Waals surface area contributed by atoms with Gasteiger partial charge in [0.25, 0.3) is 0 Å². The Morgan fingerprint density at radius 2 is 2.11 bits per heavy atom. The van der Waals surface area contributed by atoms with Crippen LogP contribution in [0.1, 0.15) is 63.9 Å². The lowest BCUT2D eigenvalue weighted by molar-refractivity contribution is 0.267. The van der Waals surface area contributed by atoms with Crippen LogP contribution < -0.4 is 5.32 Å². The molecule has 1 heterocycles. The van der Waals surface area contributed by atoms with Crippen molar-refractivity contribution in [2.45, 2.75) is 71.4 Å². The van der Waals surface area contributed by atoms with Crippen molar-refractivity contribution in [3.05, 3.63) is 17.5 Å². The van der Waals surface area contributed by atoms with Crippen LogP contribution >= 0.6 is 0 Å². The molecule has 18 heavy (non-hydrogen) atoms. The van der Waals surface area contributed by atoms with E-state index in [1.807, 2.05) is 0 Å². The second-order valence-corrected chi connectivity index (χ2v) is 5.35. The molecule has 1 aliphatic rings. The SMILES string of the molecule is CCNC1CCCC(n2nc(CC)cc2CC)C1. The molecule has 102 valence electrons. The second-order valence-electron chi connectivity index (χ2n) is 5.35. The summed E-state index contributed by atoms with van der Waals surface area (Å²) in [6.07, 6.45) is 7.32. The molecule has 1 N–H and O–H groups in total. The summed E-state index contributed by atoms with van der Waals surface area (Å²) in [6, 6.07) is 3.59. The highest BCUT2D eigenvalue weighted by molar-refractivity contribution is 5.11. The van der Waals surface area contributed by atoms with E-state index in [0.717, 1.165) is 19.4 Å². The van der Waals surface area contributed by atoms with Crippen molar-refractivity contribution < 1.29 is 0 Å². The third kappa shape index (κ3) is 2.94. The van der Waals surface area contributed by atoms with E-state index in [-0.39, 0.29) is 0 Å². The van der Waals surface area contributed by atoms with Crippen molar-refractivity contribution >= 4 is 0 Å². The summed E-state index contributed by atoms with van der Waals surface area (Å²) in [6.45, 7) is 7.70. The molecule has 0 bridgehead atoms. The summed E-state index contributed by atoms with van der Waals surface area (Å²) in [5.41, 5.74) is 2.66. The highest BCUT2D eigenvalue weighted by Gasteiger charge is 2.24. The van der Waals surface area contributed by atoms with Crippen molar-refractivity contribution in [3.8, 4) is 0 Å². The van der Waals surface area contributed by atoms with Crippen LogP contribution in [-0.2, 0) is 12.8 Å². The smallest absolute Gasteiger partial charge is 0.0624 e. The predicted molar refractivity (Wildman–Crippen MR) is 76.0 cm³/mol. The number of hydrogen-bond donors (Lipinski definition) is 1. The van der Waals surface area contributed by atoms with E-state index in [9.17, 15) is 0 Å². The van der Waals surface area contributed by atoms with Gasteiger partial charge in [0, 0.05) is 11.7 Å². The van der Waals surface area contributed by atoms with Gasteiger partial charge < -0.3 is 5.32 Å². The normalized spacial score (nSPS) is 24.4. The number of nitrogens with zero attached hydrogens (tertiary/aromatic N) is 2. The molecule has 2 atom stereocenters. The zero-order valence-electron chi connectivity index (χ0n) is 12.1. The summed E-state index contributed by atoms with van der Waals surface area (Å²) in [4.78, 5) is 0. The van der Waals surface area contributed by atoms with Crippen molar-refractivity contribution in [2.75, 3.05) is 6.54 Å². The van der Waals surface area contributed by atoms with Gasteiger partial charge in [0.15, 0.2) is 0 Å². The van der Waals surface area contributed by atoms with E-state index >= 15 is 0 Å². The molecule has 3 nitrogen and oxygen atoms in total. The zero-order chi connectivity index (χ0) is 13.0. The Morgan fingerprint density at radius 3 is 2.78 bits per heavy atom. The number of aryl methyl sites for hydroxylation is 2. The van der Waals surface area contributed by atoms with Crippen molar-refractivity contribution in [3.63, 3.8) is 0 Å². The molecule has 0 aliphatic heterocycles. The number of hydrogen-bond acceptors (Lipinski definition) is 2. The molecule has 1 aromatic rings. The first-order chi connectivity index (χ1) is 8.78. The molecule has 0 spiro atoms. The summed E-state index contributed by atoms with van der Waals surface area (Å²) in [5.74, 6) is 0. The van der Waals surface area contributed by atoms with Gasteiger partial charge in [0.1, 0.15) is 0 Å². The summed E-state index contributed by atoms with van der Waals surface area (Å²) in [7, 11) is 0. The Bertz CT molecular complexity index is 368. The van der Waals surface area contributed by atoms with Crippen molar-refractivity contribution in [1.82, 2.24) is 15.1 Å². The largest absolute Gasteiger partial charge is 0.314 e. The Labute approximate surface area is 111 Å². The monoisotopic (exact) mass is 249 g/mol. The molecule has 2 unspecified atom stereocenters. The maximum atomic E-state index is 4.81. The van der Waals surface area contributed by atoms with E-state index in [1.54, 1.807) is 0 Å². The van der Waals surface area contributed by atoms with Crippen LogP contribution in [-0.4, -0.2) is 22.4 Å². The minimum absolute atomic E-state index is 0.609. The van der Waals surface area contributed by atoms with Crippen molar-refractivity contribution in [2.24, 2.45) is 0 Å². The first-order valence-electron chi connectivity index (χ1n) is 7.59. The van der Waals surface area contributed by atoms with Crippen LogP contribution in [0.2, 0.25) is 0 Å². The molecule has 1 fully saturated rings. The van der Waals surface area contributed by atoms with Gasteiger partial charge in [0.05, 0.1) is 11.7 Å². The van der Waals surface area contributed by atoms with Gasteiger partial charge in [-0.3, -0.25) is 4.68 Å². The highest BCUT2D eigenvalue weighted by atomic mass is 15.3. The number of nitrogens with one attached hydrogen (secondary N) is 1. The molecule has 1 saturated carbocycles. The lowest BCUT2D eigenvalue weighted by Crippen LogP contribution is -2.35. The average Bonchev–Trinajstić information content (AvgIpc) is 2.83. The topological polar surface area (TPSA) is 29.9 Å². The fourth-order valence-electron chi connectivity index (χ4n) is 3.10. The van der Waals surface area contributed by atoms with E-state index in [2.05, 4.69) is 36.8 Å². The summed E-state index contributed by atoms with van der Waals surface area (Å²) < 4.78 is 2.32. The number of rotatable bonds is 5. The van der Waals surface area contributed by atoms with Gasteiger partial charge >= 0.3 is 0 Å². The first-order valence-corrected chi connectivity index (χ1v) is 7.59. The molecule has 3 heteroatoms. The van der Waals surface area contributed by atoms with Gasteiger partial charge in [-0.25, -0.2) is 0 Å². The van der Waals surface area contributed by atoms with Crippen LogP contribution in [0, 0.1) is 0 Å². The third-order valence-electron chi connectivity index (χ3n) is 4.07. The van der Waals surface area contributed by atoms with Gasteiger partial charge in [0.2, 0.25) is 0 Å². The van der Waals surface area contributed by atoms with E-state index in [0.29, 0.717) is 12.1 Å². The molecular formula is C15H27N3. The molecule has 0 amide bonds. The maximum absolute atomic E-state index is 4.81. The lowest BCUT2D eigenvalue weighted by atomic mass is 9.91. The fourth-order valence-corrected chi connectivity index (χ4v) is 3.10. The summed E-state index contributed by atoms with van der Waals surface area (Å²) in [5, 5.41) is 8.41. The second kappa shape index (κ2) is 6.37. The minimum atomic E-state index is 0.609. The fraction of sp³-hybridized carbons (Fsp3) is 0.800. The lowest BCUT2D eigenvalue weighted by Gasteiger charge is -2.30. The van der Waals surface area contributed by atoms with Crippen LogP contribution in [0.25, 0.3) is 0 Å². The molecule has 1 aliphatic carbocycles. The van der Waals surface area contributed by atoms with Gasteiger partial charge in [-0.05, 0) is 51.1 Å². The van der Waals surface area contributed by atoms with E-state index in [4.69, 9.17) is 5.10 Å². The van der Waals surface area contributed by atoms with Crippen molar-refractivity contribution in [1.29, 1.82) is 0 Å².